The smallest absolute Gasteiger partial charge is 0.328 e. The van der Waals surface area contributed by atoms with Crippen LogP contribution in [0.4, 0.5) is 0 Å². The lowest BCUT2D eigenvalue weighted by Crippen LogP contribution is -2.53. The maximum absolute atomic E-state index is 13.5. The van der Waals surface area contributed by atoms with Crippen LogP contribution in [0.25, 0.3) is 0 Å². The summed E-state index contributed by atoms with van der Waals surface area (Å²) in [4.78, 5) is 30.6. The van der Waals surface area contributed by atoms with Gasteiger partial charge >= 0.3 is 5.97 Å². The fourth-order valence-corrected chi connectivity index (χ4v) is 6.74. The minimum absolute atomic E-state index is 0.251. The largest absolute Gasteiger partial charge is 0.489 e. The molecule has 0 radical (unpaired) electrons. The first-order chi connectivity index (χ1) is 26.1. The molecular formula is C42H39Cl2N3O7. The van der Waals surface area contributed by atoms with Gasteiger partial charge < -0.3 is 34.3 Å². The molecule has 0 aliphatic carbocycles. The first-order valence-electron chi connectivity index (χ1n) is 17.6. The highest BCUT2D eigenvalue weighted by Crippen LogP contribution is 2.40. The maximum atomic E-state index is 13.5. The zero-order valence-corrected chi connectivity index (χ0v) is 31.5. The van der Waals surface area contributed by atoms with Crippen LogP contribution >= 0.6 is 23.2 Å². The number of nitrogens with one attached hydrogen (secondary N) is 2. The zero-order chi connectivity index (χ0) is 37.8. The second-order valence-electron chi connectivity index (χ2n) is 13.3. The third-order valence-corrected chi connectivity index (χ3v) is 10.4. The molecule has 2 aliphatic heterocycles. The van der Waals surface area contributed by atoms with Gasteiger partial charge in [-0.2, -0.15) is 0 Å². The summed E-state index contributed by atoms with van der Waals surface area (Å²) in [7, 11) is 1.31. The molecule has 1 unspecified atom stereocenters. The SMILES string of the molecule is COC(=O)C(Cc1ccc(Oc2ccnc(C)c2C)cc1)NC(=O)[C@@H]1Cc2cc3c(cc2CN1)O[C@@H](c1cccc(OCc2ccc(Cl)c(Cl)c2)c1)CO3. The average Bonchev–Trinajstić information content (AvgIpc) is 3.19. The molecule has 3 heterocycles. The van der Waals surface area contributed by atoms with Gasteiger partial charge in [0.15, 0.2) is 17.6 Å². The fourth-order valence-electron chi connectivity index (χ4n) is 6.42. The molecule has 278 valence electrons. The molecule has 0 saturated heterocycles. The molecule has 2 aliphatic rings. The van der Waals surface area contributed by atoms with Gasteiger partial charge in [-0.05, 0) is 103 Å². The number of pyridine rings is 1. The molecule has 10 nitrogen and oxygen atoms in total. The van der Waals surface area contributed by atoms with Crippen LogP contribution in [0.15, 0.2) is 91.1 Å². The van der Waals surface area contributed by atoms with E-state index in [2.05, 4.69) is 15.6 Å². The first kappa shape index (κ1) is 37.0. The molecule has 7 rings (SSSR count). The molecule has 3 atom stereocenters. The number of fused-ring (bicyclic) bond motifs is 2. The van der Waals surface area contributed by atoms with Crippen molar-refractivity contribution < 1.29 is 33.3 Å². The Kier molecular flexibility index (Phi) is 11.2. The normalized spacial score (nSPS) is 16.5. The van der Waals surface area contributed by atoms with E-state index in [1.54, 1.807) is 18.3 Å². The number of methoxy groups -OCH3 is 1. The van der Waals surface area contributed by atoms with Crippen LogP contribution in [0.5, 0.6) is 28.7 Å². The van der Waals surface area contributed by atoms with Gasteiger partial charge in [0.05, 0.1) is 23.2 Å². The number of esters is 1. The third kappa shape index (κ3) is 8.57. The van der Waals surface area contributed by atoms with Crippen LogP contribution in [0.1, 0.15) is 45.2 Å². The summed E-state index contributed by atoms with van der Waals surface area (Å²) in [5.41, 5.74) is 6.50. The molecule has 0 fully saturated rings. The minimum Gasteiger partial charge on any atom is -0.489 e. The van der Waals surface area contributed by atoms with Crippen LogP contribution in [-0.2, 0) is 40.3 Å². The van der Waals surface area contributed by atoms with E-state index in [1.807, 2.05) is 86.6 Å². The summed E-state index contributed by atoms with van der Waals surface area (Å²) >= 11 is 12.2. The molecule has 1 aromatic heterocycles. The maximum Gasteiger partial charge on any atom is 0.328 e. The average molecular weight is 769 g/mol. The number of aromatic nitrogens is 1. The Hall–Kier alpha value is -5.29. The Morgan fingerprint density at radius 1 is 0.926 bits per heavy atom. The molecular weight excluding hydrogens is 729 g/mol. The number of carbonyl (C=O) groups is 2. The quantitative estimate of drug-likeness (QED) is 0.130. The van der Waals surface area contributed by atoms with E-state index in [-0.39, 0.29) is 18.4 Å². The second kappa shape index (κ2) is 16.4. The molecule has 54 heavy (non-hydrogen) atoms. The predicted molar refractivity (Wildman–Crippen MR) is 205 cm³/mol. The first-order valence-corrected chi connectivity index (χ1v) is 18.3. The van der Waals surface area contributed by atoms with Gasteiger partial charge in [0, 0.05) is 30.4 Å². The van der Waals surface area contributed by atoms with Crippen molar-refractivity contribution in [3.8, 4) is 28.7 Å². The van der Waals surface area contributed by atoms with E-state index in [0.717, 1.165) is 44.8 Å². The molecule has 2 N–H and O–H groups in total. The lowest BCUT2D eigenvalue weighted by molar-refractivity contribution is -0.145. The summed E-state index contributed by atoms with van der Waals surface area (Å²) in [6.45, 7) is 4.97. The van der Waals surface area contributed by atoms with Gasteiger partial charge in [0.25, 0.3) is 0 Å². The van der Waals surface area contributed by atoms with Crippen molar-refractivity contribution in [2.24, 2.45) is 0 Å². The van der Waals surface area contributed by atoms with Crippen molar-refractivity contribution in [2.75, 3.05) is 13.7 Å². The summed E-state index contributed by atoms with van der Waals surface area (Å²) < 4.78 is 29.7. The van der Waals surface area contributed by atoms with E-state index >= 15 is 0 Å². The van der Waals surface area contributed by atoms with E-state index in [1.165, 1.54) is 7.11 Å². The van der Waals surface area contributed by atoms with Gasteiger partial charge in [-0.1, -0.05) is 53.5 Å². The Morgan fingerprint density at radius 2 is 1.72 bits per heavy atom. The third-order valence-electron chi connectivity index (χ3n) is 9.62. The molecule has 0 spiro atoms. The van der Waals surface area contributed by atoms with Crippen molar-refractivity contribution in [1.82, 2.24) is 15.6 Å². The lowest BCUT2D eigenvalue weighted by Gasteiger charge is -2.31. The van der Waals surface area contributed by atoms with Crippen LogP contribution in [0.3, 0.4) is 0 Å². The summed E-state index contributed by atoms with van der Waals surface area (Å²) in [6.07, 6.45) is 2.03. The van der Waals surface area contributed by atoms with Gasteiger partial charge in [0.1, 0.15) is 36.5 Å². The van der Waals surface area contributed by atoms with Crippen molar-refractivity contribution in [1.29, 1.82) is 0 Å². The molecule has 5 aromatic rings. The van der Waals surface area contributed by atoms with E-state index in [0.29, 0.717) is 59.2 Å². The molecule has 12 heteroatoms. The molecule has 1 amide bonds. The summed E-state index contributed by atoms with van der Waals surface area (Å²) in [5, 5.41) is 7.20. The van der Waals surface area contributed by atoms with Crippen LogP contribution in [-0.4, -0.2) is 42.7 Å². The molecule has 4 aromatic carbocycles. The highest BCUT2D eigenvalue weighted by atomic mass is 35.5. The van der Waals surface area contributed by atoms with Gasteiger partial charge in [-0.3, -0.25) is 9.78 Å². The lowest BCUT2D eigenvalue weighted by atomic mass is 9.94. The van der Waals surface area contributed by atoms with Crippen LogP contribution in [0, 0.1) is 13.8 Å². The fraction of sp³-hybridized carbons (Fsp3) is 0.262. The number of hydrogen-bond acceptors (Lipinski definition) is 9. The van der Waals surface area contributed by atoms with E-state index < -0.39 is 18.1 Å². The molecule has 0 bridgehead atoms. The highest BCUT2D eigenvalue weighted by Gasteiger charge is 2.31. The number of ether oxygens (including phenoxy) is 5. The van der Waals surface area contributed by atoms with Crippen molar-refractivity contribution in [3.63, 3.8) is 0 Å². The number of aryl methyl sites for hydroxylation is 1. The van der Waals surface area contributed by atoms with Gasteiger partial charge in [-0.15, -0.1) is 0 Å². The van der Waals surface area contributed by atoms with Crippen LogP contribution < -0.4 is 29.6 Å². The highest BCUT2D eigenvalue weighted by molar-refractivity contribution is 6.42. The Balaban J connectivity index is 0.959. The Morgan fingerprint density at radius 3 is 2.52 bits per heavy atom. The van der Waals surface area contributed by atoms with Crippen molar-refractivity contribution >= 4 is 35.1 Å². The Bertz CT molecular complexity index is 2180. The number of halogens is 2. The second-order valence-corrected chi connectivity index (χ2v) is 14.1. The standard InChI is InChI=1S/C42H39Cl2N3O7/c1-24-25(2)45-14-13-37(24)53-31-10-7-26(8-11-31)16-36(42(49)50-3)47-41(48)35-18-29-19-38-39(20-30(29)21-46-35)54-40(23-52-38)28-5-4-6-32(17-28)51-22-27-9-12-33(43)34(44)15-27/h4-15,17,19-20,35-36,40,46H,16,18,21-23H2,1-3H3,(H,47,48)/t35-,36?,40+/m0/s1. The predicted octanol–water partition coefficient (Wildman–Crippen LogP) is 7.80. The van der Waals surface area contributed by atoms with E-state index in [9.17, 15) is 9.59 Å². The molecule has 0 saturated carbocycles. The monoisotopic (exact) mass is 767 g/mol. The van der Waals surface area contributed by atoms with Crippen molar-refractivity contribution in [3.05, 3.63) is 140 Å². The number of nitrogens with zero attached hydrogens (tertiary/aromatic N) is 1. The summed E-state index contributed by atoms with van der Waals surface area (Å²) in [6, 6.07) is 24.8. The minimum atomic E-state index is -0.875. The summed E-state index contributed by atoms with van der Waals surface area (Å²) in [5.74, 6) is 2.50. The van der Waals surface area contributed by atoms with E-state index in [4.69, 9.17) is 46.9 Å². The Labute approximate surface area is 323 Å². The van der Waals surface area contributed by atoms with Gasteiger partial charge in [-0.25, -0.2) is 4.79 Å². The number of carbonyl (C=O) groups excluding carboxylic acids is 2. The number of benzene rings is 4. The number of rotatable bonds is 11. The van der Waals surface area contributed by atoms with Crippen LogP contribution in [0.2, 0.25) is 10.0 Å². The van der Waals surface area contributed by atoms with Gasteiger partial charge in [0.2, 0.25) is 5.91 Å². The topological polar surface area (TPSA) is 117 Å². The number of amides is 1. The number of hydrogen-bond donors (Lipinski definition) is 2. The zero-order valence-electron chi connectivity index (χ0n) is 30.0. The van der Waals surface area contributed by atoms with Crippen molar-refractivity contribution in [2.45, 2.75) is 58.0 Å².